The molecule has 7 heteroatoms. The molecule has 0 spiro atoms. The molecule has 0 amide bonds. The summed E-state index contributed by atoms with van der Waals surface area (Å²) in [5.74, 6) is 0.360. The van der Waals surface area contributed by atoms with E-state index in [1.165, 1.54) is 13.2 Å². The number of halogens is 1. The molecule has 1 atom stereocenters. The number of pyridine rings is 2. The van der Waals surface area contributed by atoms with Crippen LogP contribution in [0.2, 0.25) is 0 Å². The smallest absolute Gasteiger partial charge is 0.339 e. The number of carbonyl (C=O) groups excluding carboxylic acids is 1. The molecular formula is C17H19FN4O2. The third-order valence-electron chi connectivity index (χ3n) is 4.07. The average molecular weight is 330 g/mol. The number of nitrogens with one attached hydrogen (secondary N) is 1. The third-order valence-corrected chi connectivity index (χ3v) is 4.07. The molecule has 1 aliphatic rings. The normalized spacial score (nSPS) is 17.0. The molecule has 6 nitrogen and oxygen atoms in total. The van der Waals surface area contributed by atoms with Gasteiger partial charge in [-0.2, -0.15) is 0 Å². The minimum Gasteiger partial charge on any atom is -0.465 e. The molecule has 126 valence electrons. The first kappa shape index (κ1) is 16.2. The zero-order valence-electron chi connectivity index (χ0n) is 13.6. The molecule has 0 aromatic carbocycles. The molecule has 1 N–H and O–H groups in total. The molecule has 0 bridgehead atoms. The maximum absolute atomic E-state index is 13.8. The van der Waals surface area contributed by atoms with Gasteiger partial charge in [0, 0.05) is 25.3 Å². The second kappa shape index (κ2) is 6.82. The Kier molecular flexibility index (Phi) is 4.59. The van der Waals surface area contributed by atoms with E-state index in [4.69, 9.17) is 4.74 Å². The Morgan fingerprint density at radius 1 is 1.42 bits per heavy atom. The molecule has 0 unspecified atom stereocenters. The molecule has 3 heterocycles. The summed E-state index contributed by atoms with van der Waals surface area (Å²) >= 11 is 0. The van der Waals surface area contributed by atoms with Gasteiger partial charge in [0.1, 0.15) is 5.82 Å². The number of carbonyl (C=O) groups is 1. The number of hydrogen-bond acceptors (Lipinski definition) is 6. The SMILES string of the molecule is COC(=O)c1ccc(N[C@@H]2CCN(c3ncccc3F)C2)nc1C. The van der Waals surface area contributed by atoms with Crippen molar-refractivity contribution in [2.24, 2.45) is 0 Å². The number of hydrogen-bond donors (Lipinski definition) is 1. The lowest BCUT2D eigenvalue weighted by atomic mass is 10.2. The van der Waals surface area contributed by atoms with Crippen molar-refractivity contribution in [2.45, 2.75) is 19.4 Å². The van der Waals surface area contributed by atoms with Crippen LogP contribution in [0.1, 0.15) is 22.5 Å². The first-order valence-electron chi connectivity index (χ1n) is 7.76. The Hall–Kier alpha value is -2.70. The number of esters is 1. The summed E-state index contributed by atoms with van der Waals surface area (Å²) in [6.45, 7) is 3.14. The number of nitrogens with zero attached hydrogens (tertiary/aromatic N) is 3. The van der Waals surface area contributed by atoms with Crippen LogP contribution in [-0.2, 0) is 4.74 Å². The zero-order chi connectivity index (χ0) is 17.1. The molecule has 1 saturated heterocycles. The quantitative estimate of drug-likeness (QED) is 0.868. The molecule has 24 heavy (non-hydrogen) atoms. The Morgan fingerprint density at radius 3 is 2.96 bits per heavy atom. The van der Waals surface area contributed by atoms with Gasteiger partial charge in [-0.1, -0.05) is 0 Å². The summed E-state index contributed by atoms with van der Waals surface area (Å²) in [5.41, 5.74) is 1.06. The number of aryl methyl sites for hydroxylation is 1. The molecular weight excluding hydrogens is 311 g/mol. The van der Waals surface area contributed by atoms with E-state index in [1.54, 1.807) is 31.3 Å². The molecule has 0 saturated carbocycles. The van der Waals surface area contributed by atoms with Gasteiger partial charge in [-0.25, -0.2) is 19.2 Å². The molecule has 1 aliphatic heterocycles. The van der Waals surface area contributed by atoms with Crippen LogP contribution in [0.3, 0.4) is 0 Å². The number of methoxy groups -OCH3 is 1. The van der Waals surface area contributed by atoms with E-state index < -0.39 is 5.97 Å². The third kappa shape index (κ3) is 3.29. The minimum absolute atomic E-state index is 0.141. The van der Waals surface area contributed by atoms with E-state index in [0.717, 1.165) is 13.0 Å². The Bertz CT molecular complexity index is 753. The first-order valence-corrected chi connectivity index (χ1v) is 7.76. The van der Waals surface area contributed by atoms with Crippen LogP contribution in [0.15, 0.2) is 30.5 Å². The van der Waals surface area contributed by atoms with Gasteiger partial charge >= 0.3 is 5.97 Å². The minimum atomic E-state index is -0.399. The highest BCUT2D eigenvalue weighted by atomic mass is 19.1. The van der Waals surface area contributed by atoms with E-state index >= 15 is 0 Å². The van der Waals surface area contributed by atoms with Crippen LogP contribution < -0.4 is 10.2 Å². The second-order valence-electron chi connectivity index (χ2n) is 5.71. The fourth-order valence-corrected chi connectivity index (χ4v) is 2.86. The summed E-state index contributed by atoms with van der Waals surface area (Å²) in [7, 11) is 1.35. The monoisotopic (exact) mass is 330 g/mol. The summed E-state index contributed by atoms with van der Waals surface area (Å²) in [6, 6.07) is 6.59. The van der Waals surface area contributed by atoms with Crippen LogP contribution >= 0.6 is 0 Å². The predicted octanol–water partition coefficient (Wildman–Crippen LogP) is 2.40. The lowest BCUT2D eigenvalue weighted by Gasteiger charge is -2.18. The van der Waals surface area contributed by atoms with E-state index in [-0.39, 0.29) is 11.9 Å². The second-order valence-corrected chi connectivity index (χ2v) is 5.71. The van der Waals surface area contributed by atoms with Gasteiger partial charge < -0.3 is 15.0 Å². The van der Waals surface area contributed by atoms with Crippen LogP contribution in [0, 0.1) is 12.7 Å². The summed E-state index contributed by atoms with van der Waals surface area (Å²) < 4.78 is 18.5. The molecule has 3 rings (SSSR count). The van der Waals surface area contributed by atoms with E-state index in [1.807, 2.05) is 4.90 Å². The van der Waals surface area contributed by atoms with Gasteiger partial charge in [-0.05, 0) is 37.6 Å². The van der Waals surface area contributed by atoms with Crippen LogP contribution in [0.25, 0.3) is 0 Å². The van der Waals surface area contributed by atoms with Crippen LogP contribution in [0.5, 0.6) is 0 Å². The number of aromatic nitrogens is 2. The van der Waals surface area contributed by atoms with Crippen molar-refractivity contribution in [2.75, 3.05) is 30.4 Å². The largest absolute Gasteiger partial charge is 0.465 e. The summed E-state index contributed by atoms with van der Waals surface area (Å²) in [5, 5.41) is 3.33. The average Bonchev–Trinajstić information content (AvgIpc) is 3.03. The standard InChI is InChI=1S/C17H19FN4O2/c1-11-13(17(23)24-2)5-6-15(20-11)21-12-7-9-22(10-12)16-14(18)4-3-8-19-16/h3-6,8,12H,7,9-10H2,1-2H3,(H,20,21)/t12-/m1/s1. The lowest BCUT2D eigenvalue weighted by molar-refractivity contribution is 0.0599. The van der Waals surface area contributed by atoms with Gasteiger partial charge in [0.2, 0.25) is 0 Å². The molecule has 0 radical (unpaired) electrons. The van der Waals surface area contributed by atoms with Crippen molar-refractivity contribution < 1.29 is 13.9 Å². The van der Waals surface area contributed by atoms with E-state index in [0.29, 0.717) is 29.4 Å². The molecule has 2 aromatic rings. The van der Waals surface area contributed by atoms with Crippen LogP contribution in [-0.4, -0.2) is 42.2 Å². The Balaban J connectivity index is 1.67. The zero-order valence-corrected chi connectivity index (χ0v) is 13.6. The van der Waals surface area contributed by atoms with E-state index in [2.05, 4.69) is 15.3 Å². The van der Waals surface area contributed by atoms with Crippen molar-refractivity contribution in [3.8, 4) is 0 Å². The molecule has 2 aromatic heterocycles. The maximum Gasteiger partial charge on any atom is 0.339 e. The first-order chi connectivity index (χ1) is 11.6. The maximum atomic E-state index is 13.8. The van der Waals surface area contributed by atoms with Crippen molar-refractivity contribution in [3.63, 3.8) is 0 Å². The highest BCUT2D eigenvalue weighted by Crippen LogP contribution is 2.23. The topological polar surface area (TPSA) is 67.3 Å². The highest BCUT2D eigenvalue weighted by molar-refractivity contribution is 5.90. The van der Waals surface area contributed by atoms with Gasteiger partial charge in [0.15, 0.2) is 11.6 Å². The van der Waals surface area contributed by atoms with Crippen molar-refractivity contribution >= 4 is 17.6 Å². The summed E-state index contributed by atoms with van der Waals surface area (Å²) in [4.78, 5) is 22.0. The van der Waals surface area contributed by atoms with Gasteiger partial charge in [0.25, 0.3) is 0 Å². The van der Waals surface area contributed by atoms with Gasteiger partial charge in [-0.3, -0.25) is 0 Å². The van der Waals surface area contributed by atoms with E-state index in [9.17, 15) is 9.18 Å². The Morgan fingerprint density at radius 2 is 2.25 bits per heavy atom. The van der Waals surface area contributed by atoms with Gasteiger partial charge in [-0.15, -0.1) is 0 Å². The number of rotatable bonds is 4. The van der Waals surface area contributed by atoms with Gasteiger partial charge in [0.05, 0.1) is 18.4 Å². The lowest BCUT2D eigenvalue weighted by Crippen LogP contribution is -2.27. The van der Waals surface area contributed by atoms with Crippen molar-refractivity contribution in [1.82, 2.24) is 9.97 Å². The molecule has 0 aliphatic carbocycles. The fourth-order valence-electron chi connectivity index (χ4n) is 2.86. The number of anilines is 2. The van der Waals surface area contributed by atoms with Crippen molar-refractivity contribution in [3.05, 3.63) is 47.5 Å². The molecule has 1 fully saturated rings. The fraction of sp³-hybridized carbons (Fsp3) is 0.353. The van der Waals surface area contributed by atoms with Crippen LogP contribution in [0.4, 0.5) is 16.0 Å². The van der Waals surface area contributed by atoms with Crippen molar-refractivity contribution in [1.29, 1.82) is 0 Å². The highest BCUT2D eigenvalue weighted by Gasteiger charge is 2.25. The number of ether oxygens (including phenoxy) is 1. The predicted molar refractivity (Wildman–Crippen MR) is 88.7 cm³/mol. The summed E-state index contributed by atoms with van der Waals surface area (Å²) in [6.07, 6.45) is 2.45. The Labute approximate surface area is 139 Å².